The molecule has 1 saturated heterocycles. The van der Waals surface area contributed by atoms with Crippen molar-refractivity contribution in [2.24, 2.45) is 5.41 Å². The highest BCUT2D eigenvalue weighted by Crippen LogP contribution is 2.41. The van der Waals surface area contributed by atoms with Gasteiger partial charge in [-0.05, 0) is 6.42 Å². The van der Waals surface area contributed by atoms with E-state index in [9.17, 15) is 5.11 Å². The highest BCUT2D eigenvalue weighted by atomic mass is 32.1. The number of hydrogen-bond donors (Lipinski definition) is 1. The van der Waals surface area contributed by atoms with Crippen LogP contribution in [0.15, 0.2) is 11.7 Å². The molecule has 0 spiro atoms. The predicted octanol–water partition coefficient (Wildman–Crippen LogP) is 1.11. The van der Waals surface area contributed by atoms with Crippen LogP contribution in [0.1, 0.15) is 17.4 Å². The summed E-state index contributed by atoms with van der Waals surface area (Å²) in [5, 5.41) is 19.1. The maximum atomic E-state index is 10.0. The number of ether oxygens (including phenoxy) is 1. The molecule has 1 aromatic rings. The van der Waals surface area contributed by atoms with E-state index in [1.807, 2.05) is 0 Å². The van der Waals surface area contributed by atoms with Crippen molar-refractivity contribution in [3.05, 3.63) is 16.6 Å². The van der Waals surface area contributed by atoms with Crippen molar-refractivity contribution in [1.82, 2.24) is 4.98 Å². The number of thiazole rings is 1. The molecule has 5 heteroatoms. The maximum Gasteiger partial charge on any atom is 0.114 e. The molecule has 2 heterocycles. The molecule has 14 heavy (non-hydrogen) atoms. The number of aliphatic hydroxyl groups excluding tert-OH is 1. The Kier molecular flexibility index (Phi) is 2.50. The third-order valence-electron chi connectivity index (χ3n) is 2.52. The van der Waals surface area contributed by atoms with Gasteiger partial charge >= 0.3 is 0 Å². The Morgan fingerprint density at radius 1 is 1.79 bits per heavy atom. The molecule has 2 rings (SSSR count). The topological polar surface area (TPSA) is 66.1 Å². The van der Waals surface area contributed by atoms with E-state index >= 15 is 0 Å². The van der Waals surface area contributed by atoms with Gasteiger partial charge in [0.15, 0.2) is 0 Å². The maximum absolute atomic E-state index is 10.0. The fraction of sp³-hybridized carbons (Fsp3) is 0.556. The van der Waals surface area contributed by atoms with Gasteiger partial charge in [0.1, 0.15) is 11.5 Å². The van der Waals surface area contributed by atoms with Gasteiger partial charge in [0.2, 0.25) is 0 Å². The van der Waals surface area contributed by atoms with Crippen LogP contribution in [0.3, 0.4) is 0 Å². The first-order valence-electron chi connectivity index (χ1n) is 4.34. The van der Waals surface area contributed by atoms with E-state index in [2.05, 4.69) is 11.1 Å². The van der Waals surface area contributed by atoms with Gasteiger partial charge in [0, 0.05) is 12.8 Å². The molecule has 0 bridgehead atoms. The van der Waals surface area contributed by atoms with Gasteiger partial charge < -0.3 is 9.84 Å². The van der Waals surface area contributed by atoms with Crippen molar-refractivity contribution in [3.63, 3.8) is 0 Å². The summed E-state index contributed by atoms with van der Waals surface area (Å²) in [6.07, 6.45) is 1.41. The zero-order valence-corrected chi connectivity index (χ0v) is 8.33. The van der Waals surface area contributed by atoms with Crippen molar-refractivity contribution in [2.45, 2.75) is 12.5 Å². The summed E-state index contributed by atoms with van der Waals surface area (Å²) in [4.78, 5) is 4.62. The average molecular weight is 210 g/mol. The van der Waals surface area contributed by atoms with Gasteiger partial charge in [-0.1, -0.05) is 0 Å². The van der Waals surface area contributed by atoms with Gasteiger partial charge in [0.05, 0.1) is 23.1 Å². The fourth-order valence-electron chi connectivity index (χ4n) is 1.58. The average Bonchev–Trinajstić information content (AvgIpc) is 2.89. The van der Waals surface area contributed by atoms with Crippen molar-refractivity contribution < 1.29 is 9.84 Å². The lowest BCUT2D eigenvalue weighted by molar-refractivity contribution is 0.0528. The minimum absolute atomic E-state index is 0.308. The Labute approximate surface area is 85.8 Å². The fourth-order valence-corrected chi connectivity index (χ4v) is 2.30. The molecular formula is C9H10N2O2S. The molecule has 1 aromatic heterocycles. The lowest BCUT2D eigenvalue weighted by Gasteiger charge is -2.23. The zero-order valence-electron chi connectivity index (χ0n) is 7.51. The lowest BCUT2D eigenvalue weighted by Crippen LogP contribution is -2.27. The van der Waals surface area contributed by atoms with Gasteiger partial charge in [-0.2, -0.15) is 5.26 Å². The summed E-state index contributed by atoms with van der Waals surface area (Å²) >= 11 is 1.36. The first-order valence-corrected chi connectivity index (χ1v) is 5.22. The first kappa shape index (κ1) is 9.59. The Balaban J connectivity index is 2.25. The molecule has 0 saturated carbocycles. The molecule has 2 unspecified atom stereocenters. The second-order valence-electron chi connectivity index (χ2n) is 3.38. The van der Waals surface area contributed by atoms with Crippen LogP contribution >= 0.6 is 11.3 Å². The van der Waals surface area contributed by atoms with E-state index in [4.69, 9.17) is 10.00 Å². The minimum atomic E-state index is -0.775. The molecule has 0 aliphatic carbocycles. The molecule has 74 valence electrons. The van der Waals surface area contributed by atoms with Crippen molar-refractivity contribution >= 4 is 11.3 Å². The largest absolute Gasteiger partial charge is 0.386 e. The van der Waals surface area contributed by atoms with Crippen LogP contribution in [0.25, 0.3) is 0 Å². The second kappa shape index (κ2) is 3.65. The van der Waals surface area contributed by atoms with Crippen LogP contribution in [0.5, 0.6) is 0 Å². The zero-order chi connectivity index (χ0) is 10.0. The van der Waals surface area contributed by atoms with Crippen molar-refractivity contribution in [1.29, 1.82) is 5.26 Å². The van der Waals surface area contributed by atoms with E-state index in [1.54, 1.807) is 11.7 Å². The van der Waals surface area contributed by atoms with Crippen LogP contribution in [0, 0.1) is 16.7 Å². The molecule has 0 aromatic carbocycles. The first-order chi connectivity index (χ1) is 6.78. The molecule has 1 aliphatic heterocycles. The van der Waals surface area contributed by atoms with Gasteiger partial charge in [-0.3, -0.25) is 4.98 Å². The summed E-state index contributed by atoms with van der Waals surface area (Å²) < 4.78 is 5.17. The number of nitriles is 1. The molecule has 4 nitrogen and oxygen atoms in total. The highest BCUT2D eigenvalue weighted by molar-refractivity contribution is 7.09. The smallest absolute Gasteiger partial charge is 0.114 e. The van der Waals surface area contributed by atoms with Crippen molar-refractivity contribution in [2.75, 3.05) is 13.2 Å². The highest BCUT2D eigenvalue weighted by Gasteiger charge is 2.43. The Morgan fingerprint density at radius 2 is 2.64 bits per heavy atom. The van der Waals surface area contributed by atoms with Crippen molar-refractivity contribution in [3.8, 4) is 6.07 Å². The normalized spacial score (nSPS) is 28.6. The Bertz CT molecular complexity index is 338. The van der Waals surface area contributed by atoms with Crippen LogP contribution < -0.4 is 0 Å². The molecular weight excluding hydrogens is 200 g/mol. The second-order valence-corrected chi connectivity index (χ2v) is 4.29. The number of hydrogen-bond acceptors (Lipinski definition) is 5. The Hall–Kier alpha value is -0.960. The summed E-state index contributed by atoms with van der Waals surface area (Å²) in [5.41, 5.74) is 0.881. The molecule has 1 N–H and O–H groups in total. The SMILES string of the molecule is N#CC1(C(O)c2cncs2)CCOC1. The summed E-state index contributed by atoms with van der Waals surface area (Å²) in [7, 11) is 0. The number of aromatic nitrogens is 1. The minimum Gasteiger partial charge on any atom is -0.386 e. The lowest BCUT2D eigenvalue weighted by atomic mass is 9.82. The van der Waals surface area contributed by atoms with Crippen LogP contribution in [-0.2, 0) is 4.74 Å². The van der Waals surface area contributed by atoms with E-state index in [1.165, 1.54) is 11.3 Å². The third-order valence-corrected chi connectivity index (χ3v) is 3.35. The van der Waals surface area contributed by atoms with Gasteiger partial charge in [-0.15, -0.1) is 11.3 Å². The quantitative estimate of drug-likeness (QED) is 0.794. The van der Waals surface area contributed by atoms with Gasteiger partial charge in [0.25, 0.3) is 0 Å². The van der Waals surface area contributed by atoms with E-state index in [0.29, 0.717) is 19.6 Å². The molecule has 1 aliphatic rings. The van der Waals surface area contributed by atoms with E-state index in [-0.39, 0.29) is 0 Å². The van der Waals surface area contributed by atoms with Crippen LogP contribution in [0.4, 0.5) is 0 Å². The predicted molar refractivity (Wildman–Crippen MR) is 50.6 cm³/mol. The summed E-state index contributed by atoms with van der Waals surface area (Å²) in [6.45, 7) is 0.853. The number of rotatable bonds is 2. The molecule has 0 radical (unpaired) electrons. The standard InChI is InChI=1S/C9H10N2O2S/c10-4-9(1-2-13-5-9)8(12)7-3-11-6-14-7/h3,6,8,12H,1-2,5H2. The summed E-state index contributed by atoms with van der Waals surface area (Å²) in [6, 6.07) is 2.17. The molecule has 1 fully saturated rings. The molecule has 0 amide bonds. The molecule has 2 atom stereocenters. The Morgan fingerprint density at radius 3 is 3.14 bits per heavy atom. The number of aliphatic hydroxyl groups is 1. The number of nitrogens with zero attached hydrogens (tertiary/aromatic N) is 2. The van der Waals surface area contributed by atoms with Gasteiger partial charge in [-0.25, -0.2) is 0 Å². The van der Waals surface area contributed by atoms with E-state index in [0.717, 1.165) is 4.88 Å². The monoisotopic (exact) mass is 210 g/mol. The summed E-state index contributed by atoms with van der Waals surface area (Å²) in [5.74, 6) is 0. The van der Waals surface area contributed by atoms with E-state index < -0.39 is 11.5 Å². The van der Waals surface area contributed by atoms with Crippen LogP contribution in [0.2, 0.25) is 0 Å². The third kappa shape index (κ3) is 1.42. The van der Waals surface area contributed by atoms with Crippen LogP contribution in [-0.4, -0.2) is 23.3 Å².